The van der Waals surface area contributed by atoms with Gasteiger partial charge in [-0.2, -0.15) is 5.12 Å². The van der Waals surface area contributed by atoms with Crippen LogP contribution < -0.4 is 0 Å². The van der Waals surface area contributed by atoms with Gasteiger partial charge in [0.1, 0.15) is 11.6 Å². The summed E-state index contributed by atoms with van der Waals surface area (Å²) in [5, 5.41) is 0.648. The maximum absolute atomic E-state index is 14.6. The van der Waals surface area contributed by atoms with Gasteiger partial charge in [0.2, 0.25) is 0 Å². The van der Waals surface area contributed by atoms with E-state index in [4.69, 9.17) is 16.3 Å². The molecule has 0 aromatic heterocycles. The molecular weight excluding hydrogens is 359 g/mol. The molecule has 5 nitrogen and oxygen atoms in total. The number of hydrogen-bond donors (Lipinski definition) is 0. The number of piperidine rings is 1. The van der Waals surface area contributed by atoms with Crippen molar-refractivity contribution < 1.29 is 18.8 Å². The number of carbonyl (C=O) groups excluding carboxylic acids is 2. The molecule has 2 aliphatic rings. The second-order valence-electron chi connectivity index (χ2n) is 8.47. The third kappa shape index (κ3) is 3.80. The predicted octanol–water partition coefficient (Wildman–Crippen LogP) is 4.34. The third-order valence-corrected chi connectivity index (χ3v) is 5.21. The van der Waals surface area contributed by atoms with Gasteiger partial charge in [-0.25, -0.2) is 4.79 Å². The average Bonchev–Trinajstić information content (AvgIpc) is 3.05. The Morgan fingerprint density at radius 3 is 2.69 bits per heavy atom. The van der Waals surface area contributed by atoms with Crippen LogP contribution in [0, 0.1) is 5.41 Å². The molecule has 3 rings (SSSR count). The van der Waals surface area contributed by atoms with Crippen LogP contribution in [0.4, 0.5) is 9.28 Å². The Balaban J connectivity index is 1.73. The first-order valence-corrected chi connectivity index (χ1v) is 9.11. The minimum absolute atomic E-state index is 0.0640. The first kappa shape index (κ1) is 19.0. The Labute approximate surface area is 158 Å². The van der Waals surface area contributed by atoms with Crippen LogP contribution in [0.25, 0.3) is 0 Å². The third-order valence-electron chi connectivity index (χ3n) is 4.97. The van der Waals surface area contributed by atoms with Gasteiger partial charge in [0.25, 0.3) is 5.91 Å². The zero-order chi connectivity index (χ0) is 19.3. The fourth-order valence-electron chi connectivity index (χ4n) is 3.60. The van der Waals surface area contributed by atoms with Crippen LogP contribution in [0.3, 0.4) is 0 Å². The molecule has 0 unspecified atom stereocenters. The molecule has 1 aliphatic heterocycles. The Bertz CT molecular complexity index is 736. The molecule has 3 atom stereocenters. The number of rotatable bonds is 3. The summed E-state index contributed by atoms with van der Waals surface area (Å²) in [6, 6.07) is 5.80. The lowest BCUT2D eigenvalue weighted by molar-refractivity contribution is -0.153. The van der Waals surface area contributed by atoms with E-state index in [0.717, 1.165) is 6.42 Å². The smallest absolute Gasteiger partial charge is 0.411 e. The number of nitrogens with zero attached hydrogens (tertiary/aromatic N) is 2. The molecule has 7 heteroatoms. The molecule has 1 aliphatic carbocycles. The maximum Gasteiger partial charge on any atom is 0.411 e. The standard InChI is InChI=1S/C19H24ClFN2O3/c1-18(2,3)26-17(25)23-14(9-19(4)10-15(19)23)16(24)22(21)11-12-6-5-7-13(20)8-12/h5-8,14-15H,9-11H2,1-4H3/t14-,15+,19-/m0/s1. The molecule has 1 saturated carbocycles. The second kappa shape index (κ2) is 6.41. The Morgan fingerprint density at radius 2 is 2.08 bits per heavy atom. The zero-order valence-electron chi connectivity index (χ0n) is 15.5. The van der Waals surface area contributed by atoms with Crippen LogP contribution in [0.2, 0.25) is 5.02 Å². The number of amides is 2. The van der Waals surface area contributed by atoms with Crippen molar-refractivity contribution in [3.8, 4) is 0 Å². The molecule has 142 valence electrons. The summed E-state index contributed by atoms with van der Waals surface area (Å²) in [5.74, 6) is -0.718. The quantitative estimate of drug-likeness (QED) is 0.730. The van der Waals surface area contributed by atoms with Crippen molar-refractivity contribution in [2.24, 2.45) is 5.41 Å². The molecule has 26 heavy (non-hydrogen) atoms. The van der Waals surface area contributed by atoms with Gasteiger partial charge in [-0.05, 0) is 56.7 Å². The van der Waals surface area contributed by atoms with E-state index in [1.165, 1.54) is 4.90 Å². The maximum atomic E-state index is 14.6. The summed E-state index contributed by atoms with van der Waals surface area (Å²) in [6.45, 7) is 7.11. The lowest BCUT2D eigenvalue weighted by Gasteiger charge is -2.30. The van der Waals surface area contributed by atoms with E-state index < -0.39 is 23.6 Å². The van der Waals surface area contributed by atoms with Gasteiger partial charge in [-0.1, -0.05) is 35.1 Å². The van der Waals surface area contributed by atoms with Crippen molar-refractivity contribution in [1.82, 2.24) is 10.0 Å². The molecule has 0 spiro atoms. The van der Waals surface area contributed by atoms with Gasteiger partial charge >= 0.3 is 6.09 Å². The first-order chi connectivity index (χ1) is 12.0. The van der Waals surface area contributed by atoms with Crippen LogP contribution in [0.1, 0.15) is 46.1 Å². The highest BCUT2D eigenvalue weighted by Gasteiger charge is 2.65. The molecule has 1 aromatic carbocycles. The number of fused-ring (bicyclic) bond motifs is 1. The summed E-state index contributed by atoms with van der Waals surface area (Å²) in [7, 11) is 0. The Hall–Kier alpha value is -1.82. The Morgan fingerprint density at radius 1 is 1.38 bits per heavy atom. The molecule has 1 aromatic rings. The summed E-state index contributed by atoms with van der Waals surface area (Å²) < 4.78 is 20.0. The minimum atomic E-state index is -0.835. The van der Waals surface area contributed by atoms with E-state index in [-0.39, 0.29) is 23.1 Å². The van der Waals surface area contributed by atoms with Crippen molar-refractivity contribution in [3.05, 3.63) is 34.9 Å². The highest BCUT2D eigenvalue weighted by atomic mass is 35.5. The number of likely N-dealkylation sites (tertiary alicyclic amines) is 1. The number of carbonyl (C=O) groups is 2. The van der Waals surface area contributed by atoms with E-state index in [9.17, 15) is 14.1 Å². The predicted molar refractivity (Wildman–Crippen MR) is 96.1 cm³/mol. The summed E-state index contributed by atoms with van der Waals surface area (Å²) in [4.78, 5) is 26.7. The van der Waals surface area contributed by atoms with E-state index in [1.807, 2.05) is 6.92 Å². The van der Waals surface area contributed by atoms with Gasteiger partial charge in [-0.15, -0.1) is 0 Å². The molecule has 0 bridgehead atoms. The van der Waals surface area contributed by atoms with Gasteiger partial charge in [0.05, 0.1) is 6.54 Å². The normalized spacial score (nSPS) is 27.1. The monoisotopic (exact) mass is 382 g/mol. The van der Waals surface area contributed by atoms with Gasteiger partial charge < -0.3 is 4.74 Å². The second-order valence-corrected chi connectivity index (χ2v) is 8.91. The topological polar surface area (TPSA) is 49.9 Å². The first-order valence-electron chi connectivity index (χ1n) is 8.73. The average molecular weight is 383 g/mol. The molecule has 1 saturated heterocycles. The van der Waals surface area contributed by atoms with Gasteiger partial charge in [0.15, 0.2) is 0 Å². The minimum Gasteiger partial charge on any atom is -0.444 e. The molecule has 2 fully saturated rings. The highest BCUT2D eigenvalue weighted by molar-refractivity contribution is 6.30. The number of ether oxygens (including phenoxy) is 1. The van der Waals surface area contributed by atoms with Crippen LogP contribution in [0.15, 0.2) is 24.3 Å². The number of benzene rings is 1. The van der Waals surface area contributed by atoms with Crippen molar-refractivity contribution in [1.29, 1.82) is 0 Å². The summed E-state index contributed by atoms with van der Waals surface area (Å²) in [5.41, 5.74) is -0.213. The number of hydrogen-bond acceptors (Lipinski definition) is 3. The fourth-order valence-corrected chi connectivity index (χ4v) is 3.82. The van der Waals surface area contributed by atoms with Gasteiger partial charge in [0, 0.05) is 11.1 Å². The van der Waals surface area contributed by atoms with Crippen molar-refractivity contribution in [2.75, 3.05) is 0 Å². The molecule has 0 radical (unpaired) electrons. The Kier molecular flexibility index (Phi) is 4.67. The lowest BCUT2D eigenvalue weighted by Crippen LogP contribution is -2.48. The van der Waals surface area contributed by atoms with Crippen LogP contribution in [-0.4, -0.2) is 39.7 Å². The van der Waals surface area contributed by atoms with Crippen molar-refractivity contribution in [2.45, 2.75) is 64.8 Å². The van der Waals surface area contributed by atoms with E-state index in [1.54, 1.807) is 45.0 Å². The van der Waals surface area contributed by atoms with Crippen LogP contribution in [-0.2, 0) is 16.1 Å². The summed E-state index contributed by atoms with van der Waals surface area (Å²) >= 11 is 5.91. The molecule has 1 heterocycles. The molecule has 0 N–H and O–H groups in total. The molecular formula is C19H24ClFN2O3. The van der Waals surface area contributed by atoms with E-state index in [2.05, 4.69) is 0 Å². The SMILES string of the molecule is CC(C)(C)OC(=O)N1[C@H](C(=O)N(F)Cc2cccc(Cl)c2)C[C@@]2(C)C[C@@H]12. The largest absolute Gasteiger partial charge is 0.444 e. The van der Waals surface area contributed by atoms with Gasteiger partial charge in [-0.3, -0.25) is 9.69 Å². The van der Waals surface area contributed by atoms with Crippen LogP contribution >= 0.6 is 11.6 Å². The van der Waals surface area contributed by atoms with E-state index in [0.29, 0.717) is 17.0 Å². The van der Waals surface area contributed by atoms with Crippen molar-refractivity contribution >= 4 is 23.6 Å². The lowest BCUT2D eigenvalue weighted by atomic mass is 10.0. The summed E-state index contributed by atoms with van der Waals surface area (Å²) in [6.07, 6.45) is 0.709. The van der Waals surface area contributed by atoms with Crippen LogP contribution in [0.5, 0.6) is 0 Å². The number of halogens is 2. The van der Waals surface area contributed by atoms with E-state index >= 15 is 0 Å². The van der Waals surface area contributed by atoms with Crippen molar-refractivity contribution in [3.63, 3.8) is 0 Å². The highest BCUT2D eigenvalue weighted by Crippen LogP contribution is 2.59. The zero-order valence-corrected chi connectivity index (χ0v) is 16.2. The fraction of sp³-hybridized carbons (Fsp3) is 0.579. The molecule has 2 amide bonds.